The van der Waals surface area contributed by atoms with E-state index in [1.165, 1.54) is 17.0 Å². The molecule has 0 radical (unpaired) electrons. The van der Waals surface area contributed by atoms with Crippen LogP contribution in [0.5, 0.6) is 0 Å². The van der Waals surface area contributed by atoms with Crippen LogP contribution >= 0.6 is 0 Å². The minimum atomic E-state index is -0.361. The Morgan fingerprint density at radius 3 is 2.52 bits per heavy atom. The molecule has 4 heterocycles. The van der Waals surface area contributed by atoms with E-state index in [0.29, 0.717) is 12.4 Å². The molecule has 128 valence electrons. The van der Waals surface area contributed by atoms with Crippen molar-refractivity contribution in [1.29, 1.82) is 0 Å². The predicted molar refractivity (Wildman–Crippen MR) is 85.1 cm³/mol. The van der Waals surface area contributed by atoms with Crippen LogP contribution in [-0.2, 0) is 20.9 Å². The fourth-order valence-electron chi connectivity index (χ4n) is 4.32. The largest absolute Gasteiger partial charge is 0.373 e. The van der Waals surface area contributed by atoms with Crippen molar-refractivity contribution < 1.29 is 18.7 Å². The van der Waals surface area contributed by atoms with E-state index in [1.807, 2.05) is 0 Å². The van der Waals surface area contributed by atoms with E-state index in [0.717, 1.165) is 18.4 Å². The molecule has 2 bridgehead atoms. The summed E-state index contributed by atoms with van der Waals surface area (Å²) in [6, 6.07) is 7.91. The number of amides is 2. The number of carbonyl (C=O) groups is 2. The van der Waals surface area contributed by atoms with Gasteiger partial charge in [-0.1, -0.05) is 12.1 Å². The van der Waals surface area contributed by atoms with Crippen molar-refractivity contribution in [3.8, 4) is 0 Å². The summed E-state index contributed by atoms with van der Waals surface area (Å²) in [5.41, 5.74) is 0.761. The smallest absolute Gasteiger partial charge is 0.241 e. The van der Waals surface area contributed by atoms with Crippen LogP contribution in [0.3, 0.4) is 0 Å². The number of nitrogens with zero attached hydrogens (tertiary/aromatic N) is 3. The molecule has 0 spiro atoms. The van der Waals surface area contributed by atoms with E-state index in [2.05, 4.69) is 5.10 Å². The minimum Gasteiger partial charge on any atom is -0.373 e. The van der Waals surface area contributed by atoms with Crippen LogP contribution in [0.25, 0.3) is 0 Å². The van der Waals surface area contributed by atoms with Crippen molar-refractivity contribution >= 4 is 17.6 Å². The SMILES string of the molecule is O=C1[C@@H]2[C@@H](C(=O)N1c1ccn(Cc3cccc(F)c3)n1)[C@H]1CC[C@@H]2O1. The van der Waals surface area contributed by atoms with Crippen LogP contribution in [0, 0.1) is 17.7 Å². The molecule has 0 aliphatic carbocycles. The maximum absolute atomic E-state index is 13.3. The van der Waals surface area contributed by atoms with Gasteiger partial charge in [0.05, 0.1) is 30.6 Å². The topological polar surface area (TPSA) is 64.4 Å². The molecular weight excluding hydrogens is 325 g/mol. The van der Waals surface area contributed by atoms with Gasteiger partial charge in [-0.3, -0.25) is 14.3 Å². The van der Waals surface area contributed by atoms with Crippen molar-refractivity contribution in [2.24, 2.45) is 11.8 Å². The van der Waals surface area contributed by atoms with Gasteiger partial charge in [0.25, 0.3) is 0 Å². The predicted octanol–water partition coefficient (Wildman–Crippen LogP) is 1.74. The summed E-state index contributed by atoms with van der Waals surface area (Å²) in [7, 11) is 0. The molecule has 25 heavy (non-hydrogen) atoms. The van der Waals surface area contributed by atoms with Gasteiger partial charge in [0.2, 0.25) is 11.8 Å². The number of carbonyl (C=O) groups excluding carboxylic acids is 2. The van der Waals surface area contributed by atoms with Gasteiger partial charge < -0.3 is 4.74 Å². The van der Waals surface area contributed by atoms with Gasteiger partial charge in [-0.05, 0) is 30.5 Å². The number of ether oxygens (including phenoxy) is 1. The molecule has 1 aromatic carbocycles. The molecule has 5 rings (SSSR count). The second-order valence-corrected chi connectivity index (χ2v) is 6.86. The first-order valence-electron chi connectivity index (χ1n) is 8.43. The summed E-state index contributed by atoms with van der Waals surface area (Å²) in [6.07, 6.45) is 3.11. The number of fused-ring (bicyclic) bond motifs is 5. The maximum Gasteiger partial charge on any atom is 0.241 e. The minimum absolute atomic E-state index is 0.133. The molecule has 2 amide bonds. The number of halogens is 1. The molecule has 3 aliphatic heterocycles. The zero-order valence-electron chi connectivity index (χ0n) is 13.3. The Labute approximate surface area is 143 Å². The van der Waals surface area contributed by atoms with E-state index in [9.17, 15) is 14.0 Å². The van der Waals surface area contributed by atoms with Crippen LogP contribution < -0.4 is 4.90 Å². The lowest BCUT2D eigenvalue weighted by Crippen LogP contribution is -2.34. The lowest BCUT2D eigenvalue weighted by atomic mass is 9.81. The van der Waals surface area contributed by atoms with Crippen molar-refractivity contribution in [2.45, 2.75) is 31.6 Å². The summed E-state index contributed by atoms with van der Waals surface area (Å²) in [4.78, 5) is 26.7. The highest BCUT2D eigenvalue weighted by atomic mass is 19.1. The first-order valence-corrected chi connectivity index (χ1v) is 8.43. The number of aromatic nitrogens is 2. The van der Waals surface area contributed by atoms with Crippen LogP contribution in [0.1, 0.15) is 18.4 Å². The van der Waals surface area contributed by atoms with Gasteiger partial charge in [-0.2, -0.15) is 5.10 Å². The fourth-order valence-corrected chi connectivity index (χ4v) is 4.32. The van der Waals surface area contributed by atoms with Crippen molar-refractivity contribution in [3.63, 3.8) is 0 Å². The highest BCUT2D eigenvalue weighted by molar-refractivity contribution is 6.22. The molecule has 3 aliphatic rings. The molecule has 3 fully saturated rings. The van der Waals surface area contributed by atoms with Gasteiger partial charge in [-0.25, -0.2) is 9.29 Å². The average Bonchev–Trinajstić information content (AvgIpc) is 3.33. The molecule has 1 aromatic heterocycles. The summed E-state index contributed by atoms with van der Waals surface area (Å²) in [6.45, 7) is 0.370. The monoisotopic (exact) mass is 341 g/mol. The lowest BCUT2D eigenvalue weighted by molar-refractivity contribution is -0.124. The molecular formula is C18H16FN3O3. The standard InChI is InChI=1S/C18H16FN3O3/c19-11-3-1-2-10(8-11)9-21-7-6-14(20-21)22-17(23)15-12-4-5-13(25-12)16(15)18(22)24/h1-3,6-8,12-13,15-16H,4-5,9H2/t12-,13+,15-,16-/m0/s1. The van der Waals surface area contributed by atoms with Gasteiger partial charge in [0.15, 0.2) is 5.82 Å². The van der Waals surface area contributed by atoms with E-state index in [-0.39, 0.29) is 41.7 Å². The second kappa shape index (κ2) is 5.23. The third kappa shape index (κ3) is 2.15. The van der Waals surface area contributed by atoms with Crippen LogP contribution in [0.15, 0.2) is 36.5 Å². The van der Waals surface area contributed by atoms with Crippen LogP contribution in [0.4, 0.5) is 10.2 Å². The first kappa shape index (κ1) is 14.8. The van der Waals surface area contributed by atoms with Crippen LogP contribution in [-0.4, -0.2) is 33.8 Å². The van der Waals surface area contributed by atoms with Gasteiger partial charge in [-0.15, -0.1) is 0 Å². The van der Waals surface area contributed by atoms with Crippen molar-refractivity contribution in [2.75, 3.05) is 4.90 Å². The third-order valence-corrected chi connectivity index (χ3v) is 5.37. The number of benzene rings is 1. The van der Waals surface area contributed by atoms with E-state index < -0.39 is 0 Å². The Morgan fingerprint density at radius 2 is 1.84 bits per heavy atom. The number of hydrogen-bond donors (Lipinski definition) is 0. The van der Waals surface area contributed by atoms with Gasteiger partial charge >= 0.3 is 0 Å². The first-order chi connectivity index (χ1) is 12.1. The van der Waals surface area contributed by atoms with E-state index >= 15 is 0 Å². The third-order valence-electron chi connectivity index (χ3n) is 5.37. The van der Waals surface area contributed by atoms with Crippen molar-refractivity contribution in [3.05, 3.63) is 47.9 Å². The zero-order valence-corrected chi connectivity index (χ0v) is 13.3. The molecule has 6 nitrogen and oxygen atoms in total. The van der Waals surface area contributed by atoms with Crippen LogP contribution in [0.2, 0.25) is 0 Å². The Bertz CT molecular complexity index is 852. The summed E-state index contributed by atoms with van der Waals surface area (Å²) >= 11 is 0. The second-order valence-electron chi connectivity index (χ2n) is 6.86. The fraction of sp³-hybridized carbons (Fsp3) is 0.389. The van der Waals surface area contributed by atoms with Gasteiger partial charge in [0.1, 0.15) is 5.82 Å². The molecule has 2 aromatic rings. The Balaban J connectivity index is 1.40. The zero-order chi connectivity index (χ0) is 17.1. The highest BCUT2D eigenvalue weighted by Crippen LogP contribution is 2.49. The normalized spacial score (nSPS) is 30.4. The summed E-state index contributed by atoms with van der Waals surface area (Å²) in [5.74, 6) is -1.12. The molecule has 3 saturated heterocycles. The number of imide groups is 1. The molecule has 4 atom stereocenters. The number of anilines is 1. The number of rotatable bonds is 3. The summed E-state index contributed by atoms with van der Waals surface area (Å²) in [5, 5.41) is 4.35. The quantitative estimate of drug-likeness (QED) is 0.798. The molecule has 0 saturated carbocycles. The summed E-state index contributed by atoms with van der Waals surface area (Å²) < 4.78 is 20.6. The van der Waals surface area contributed by atoms with Gasteiger partial charge in [0, 0.05) is 12.3 Å². The Kier molecular flexibility index (Phi) is 3.09. The molecule has 7 heteroatoms. The Morgan fingerprint density at radius 1 is 1.12 bits per heavy atom. The highest BCUT2D eigenvalue weighted by Gasteiger charge is 2.63. The molecule has 0 unspecified atom stereocenters. The molecule has 0 N–H and O–H groups in total. The Hall–Kier alpha value is -2.54. The lowest BCUT2D eigenvalue weighted by Gasteiger charge is -2.15. The van der Waals surface area contributed by atoms with Crippen molar-refractivity contribution in [1.82, 2.24) is 9.78 Å². The maximum atomic E-state index is 13.3. The van der Waals surface area contributed by atoms with E-state index in [1.54, 1.807) is 29.1 Å². The average molecular weight is 341 g/mol. The van der Waals surface area contributed by atoms with E-state index in [4.69, 9.17) is 4.74 Å². The number of hydrogen-bond acceptors (Lipinski definition) is 4.